The Balaban J connectivity index is 2.61. The van der Waals surface area contributed by atoms with E-state index in [-0.39, 0.29) is 5.91 Å². The van der Waals surface area contributed by atoms with Gasteiger partial charge in [-0.2, -0.15) is 0 Å². The van der Waals surface area contributed by atoms with E-state index < -0.39 is 0 Å². The second kappa shape index (κ2) is 7.76. The van der Waals surface area contributed by atoms with E-state index in [0.717, 1.165) is 31.7 Å². The molecule has 0 atom stereocenters. The first-order valence-electron chi connectivity index (χ1n) is 6.59. The third-order valence-corrected chi connectivity index (χ3v) is 3.00. The number of benzene rings is 1. The summed E-state index contributed by atoms with van der Waals surface area (Å²) in [4.78, 5) is 16.3. The molecule has 0 aliphatic heterocycles. The van der Waals surface area contributed by atoms with Gasteiger partial charge in [0.2, 0.25) is 0 Å². The van der Waals surface area contributed by atoms with Gasteiger partial charge in [-0.15, -0.1) is 0 Å². The third-order valence-electron chi connectivity index (χ3n) is 3.00. The SMILES string of the molecule is CCN(CCCN(C)C)C(=O)c1ccc(NN)cc1. The van der Waals surface area contributed by atoms with E-state index in [9.17, 15) is 4.79 Å². The van der Waals surface area contributed by atoms with Gasteiger partial charge in [0.1, 0.15) is 0 Å². The first-order chi connectivity index (χ1) is 9.08. The van der Waals surface area contributed by atoms with Crippen molar-refractivity contribution in [1.82, 2.24) is 9.80 Å². The van der Waals surface area contributed by atoms with E-state index in [1.807, 2.05) is 25.9 Å². The maximum absolute atomic E-state index is 12.3. The van der Waals surface area contributed by atoms with E-state index in [4.69, 9.17) is 5.84 Å². The predicted molar refractivity (Wildman–Crippen MR) is 79.0 cm³/mol. The molecule has 0 aliphatic carbocycles. The highest BCUT2D eigenvalue weighted by molar-refractivity contribution is 5.94. The fourth-order valence-electron chi connectivity index (χ4n) is 1.87. The van der Waals surface area contributed by atoms with Gasteiger partial charge in [0.25, 0.3) is 5.91 Å². The second-order valence-electron chi connectivity index (χ2n) is 4.76. The summed E-state index contributed by atoms with van der Waals surface area (Å²) in [6.45, 7) is 4.50. The number of carbonyl (C=O) groups excluding carboxylic acids is 1. The summed E-state index contributed by atoms with van der Waals surface area (Å²) in [6, 6.07) is 7.21. The molecule has 0 aromatic heterocycles. The fraction of sp³-hybridized carbons (Fsp3) is 0.500. The molecule has 1 amide bonds. The minimum Gasteiger partial charge on any atom is -0.339 e. The molecule has 1 aromatic rings. The molecule has 5 heteroatoms. The van der Waals surface area contributed by atoms with Crippen LogP contribution in [0.5, 0.6) is 0 Å². The summed E-state index contributed by atoms with van der Waals surface area (Å²) in [6.07, 6.45) is 0.981. The van der Waals surface area contributed by atoms with E-state index in [1.165, 1.54) is 0 Å². The maximum Gasteiger partial charge on any atom is 0.253 e. The largest absolute Gasteiger partial charge is 0.339 e. The molecule has 3 N–H and O–H groups in total. The lowest BCUT2D eigenvalue weighted by molar-refractivity contribution is 0.0759. The fourth-order valence-corrected chi connectivity index (χ4v) is 1.87. The average molecular weight is 264 g/mol. The summed E-state index contributed by atoms with van der Waals surface area (Å²) >= 11 is 0. The van der Waals surface area contributed by atoms with Crippen molar-refractivity contribution in [3.8, 4) is 0 Å². The van der Waals surface area contributed by atoms with Crippen molar-refractivity contribution in [2.75, 3.05) is 39.2 Å². The van der Waals surface area contributed by atoms with Gasteiger partial charge in [-0.3, -0.25) is 10.6 Å². The molecule has 19 heavy (non-hydrogen) atoms. The standard InChI is InChI=1S/C14H24N4O/c1-4-18(11-5-10-17(2)3)14(19)12-6-8-13(16-15)9-7-12/h6-9,16H,4-5,10-11,15H2,1-3H3. The third kappa shape index (κ3) is 4.89. The molecule has 0 saturated heterocycles. The van der Waals surface area contributed by atoms with E-state index in [0.29, 0.717) is 5.56 Å². The zero-order valence-electron chi connectivity index (χ0n) is 12.0. The Morgan fingerprint density at radius 3 is 2.32 bits per heavy atom. The predicted octanol–water partition coefficient (Wildman–Crippen LogP) is 1.39. The second-order valence-corrected chi connectivity index (χ2v) is 4.76. The summed E-state index contributed by atoms with van der Waals surface area (Å²) in [7, 11) is 4.08. The van der Waals surface area contributed by atoms with Gasteiger partial charge < -0.3 is 15.2 Å². The van der Waals surface area contributed by atoms with Crippen LogP contribution >= 0.6 is 0 Å². The first-order valence-corrected chi connectivity index (χ1v) is 6.59. The number of rotatable bonds is 7. The van der Waals surface area contributed by atoms with E-state index in [1.54, 1.807) is 24.3 Å². The molecule has 0 aliphatic rings. The molecular formula is C14H24N4O. The minimum absolute atomic E-state index is 0.0739. The minimum atomic E-state index is 0.0739. The normalized spacial score (nSPS) is 10.6. The Morgan fingerprint density at radius 2 is 1.84 bits per heavy atom. The average Bonchev–Trinajstić information content (AvgIpc) is 2.43. The quantitative estimate of drug-likeness (QED) is 0.577. The first kappa shape index (κ1) is 15.5. The Kier molecular flexibility index (Phi) is 6.32. The summed E-state index contributed by atoms with van der Waals surface area (Å²) in [5.41, 5.74) is 4.05. The molecule has 0 heterocycles. The van der Waals surface area contributed by atoms with Crippen LogP contribution in [0, 0.1) is 0 Å². The van der Waals surface area contributed by atoms with Gasteiger partial charge in [0.15, 0.2) is 0 Å². The summed E-state index contributed by atoms with van der Waals surface area (Å²) < 4.78 is 0. The number of nitrogens with zero attached hydrogens (tertiary/aromatic N) is 2. The van der Waals surface area contributed by atoms with Crippen molar-refractivity contribution < 1.29 is 4.79 Å². The molecule has 0 spiro atoms. The molecular weight excluding hydrogens is 240 g/mol. The van der Waals surface area contributed by atoms with Crippen LogP contribution < -0.4 is 11.3 Å². The zero-order valence-corrected chi connectivity index (χ0v) is 12.0. The lowest BCUT2D eigenvalue weighted by atomic mass is 10.1. The Bertz CT molecular complexity index is 389. The van der Waals surface area contributed by atoms with Gasteiger partial charge >= 0.3 is 0 Å². The van der Waals surface area contributed by atoms with Crippen LogP contribution in [0.3, 0.4) is 0 Å². The Hall–Kier alpha value is -1.59. The van der Waals surface area contributed by atoms with Gasteiger partial charge in [-0.1, -0.05) is 0 Å². The van der Waals surface area contributed by atoms with Crippen LogP contribution in [0.2, 0.25) is 0 Å². The Labute approximate surface area is 115 Å². The van der Waals surface area contributed by atoms with Crippen LogP contribution in [0.15, 0.2) is 24.3 Å². The van der Waals surface area contributed by atoms with Crippen LogP contribution in [0.1, 0.15) is 23.7 Å². The van der Waals surface area contributed by atoms with Gasteiger partial charge in [0.05, 0.1) is 0 Å². The number of anilines is 1. The highest BCUT2D eigenvalue weighted by Gasteiger charge is 2.13. The van der Waals surface area contributed by atoms with Crippen molar-refractivity contribution in [1.29, 1.82) is 0 Å². The number of nitrogen functional groups attached to an aromatic ring is 1. The molecule has 0 unspecified atom stereocenters. The molecule has 0 radical (unpaired) electrons. The molecule has 0 fully saturated rings. The highest BCUT2D eigenvalue weighted by atomic mass is 16.2. The number of nitrogens with two attached hydrogens (primary N) is 1. The van der Waals surface area contributed by atoms with E-state index >= 15 is 0 Å². The van der Waals surface area contributed by atoms with Crippen LogP contribution in [-0.2, 0) is 0 Å². The lowest BCUT2D eigenvalue weighted by Gasteiger charge is -2.22. The number of carbonyl (C=O) groups is 1. The zero-order chi connectivity index (χ0) is 14.3. The molecule has 5 nitrogen and oxygen atoms in total. The molecule has 106 valence electrons. The number of amides is 1. The Morgan fingerprint density at radius 1 is 1.21 bits per heavy atom. The van der Waals surface area contributed by atoms with Gasteiger partial charge in [-0.25, -0.2) is 0 Å². The van der Waals surface area contributed by atoms with E-state index in [2.05, 4.69) is 10.3 Å². The van der Waals surface area contributed by atoms with Crippen molar-refractivity contribution >= 4 is 11.6 Å². The highest BCUT2D eigenvalue weighted by Crippen LogP contribution is 2.10. The maximum atomic E-state index is 12.3. The smallest absolute Gasteiger partial charge is 0.253 e. The topological polar surface area (TPSA) is 61.6 Å². The number of nitrogens with one attached hydrogen (secondary N) is 1. The van der Waals surface area contributed by atoms with Gasteiger partial charge in [-0.05, 0) is 58.3 Å². The lowest BCUT2D eigenvalue weighted by Crippen LogP contribution is -2.33. The molecule has 1 aromatic carbocycles. The van der Waals surface area contributed by atoms with Crippen LogP contribution in [0.25, 0.3) is 0 Å². The van der Waals surface area contributed by atoms with Gasteiger partial charge in [0, 0.05) is 24.3 Å². The van der Waals surface area contributed by atoms with Crippen molar-refractivity contribution in [2.24, 2.45) is 5.84 Å². The number of hydrogen-bond acceptors (Lipinski definition) is 4. The molecule has 0 bridgehead atoms. The number of hydrazine groups is 1. The number of hydrogen-bond donors (Lipinski definition) is 2. The van der Waals surface area contributed by atoms with Crippen molar-refractivity contribution in [3.05, 3.63) is 29.8 Å². The van der Waals surface area contributed by atoms with Crippen LogP contribution in [-0.4, -0.2) is 49.4 Å². The molecule has 1 rings (SSSR count). The summed E-state index contributed by atoms with van der Waals surface area (Å²) in [5, 5.41) is 0. The van der Waals surface area contributed by atoms with Crippen LogP contribution in [0.4, 0.5) is 5.69 Å². The monoisotopic (exact) mass is 264 g/mol. The van der Waals surface area contributed by atoms with Crippen molar-refractivity contribution in [3.63, 3.8) is 0 Å². The van der Waals surface area contributed by atoms with Crippen molar-refractivity contribution in [2.45, 2.75) is 13.3 Å². The molecule has 0 saturated carbocycles. The summed E-state index contributed by atoms with van der Waals surface area (Å²) in [5.74, 6) is 5.38.